The second-order valence-electron chi connectivity index (χ2n) is 4.09. The highest BCUT2D eigenvalue weighted by molar-refractivity contribution is 5.51. The molecule has 20 heavy (non-hydrogen) atoms. The Morgan fingerprint density at radius 3 is 3.00 bits per heavy atom. The SMILES string of the molecule is Nc1ncc(OCc2cccnc2)c(NCCCO)n1. The van der Waals surface area contributed by atoms with Gasteiger partial charge in [0.05, 0.1) is 6.20 Å². The molecule has 2 heterocycles. The van der Waals surface area contributed by atoms with Gasteiger partial charge in [0.2, 0.25) is 5.95 Å². The summed E-state index contributed by atoms with van der Waals surface area (Å²) in [5, 5.41) is 11.8. The zero-order valence-corrected chi connectivity index (χ0v) is 11.0. The predicted molar refractivity (Wildman–Crippen MR) is 75.2 cm³/mol. The van der Waals surface area contributed by atoms with Crippen LogP contribution in [0.15, 0.2) is 30.7 Å². The van der Waals surface area contributed by atoms with Crippen molar-refractivity contribution in [2.75, 3.05) is 24.2 Å². The Hall–Kier alpha value is -2.41. The Kier molecular flexibility index (Phi) is 5.08. The van der Waals surface area contributed by atoms with E-state index in [0.29, 0.717) is 31.1 Å². The normalized spacial score (nSPS) is 10.2. The maximum atomic E-state index is 8.78. The van der Waals surface area contributed by atoms with Gasteiger partial charge in [0.1, 0.15) is 6.61 Å². The average molecular weight is 275 g/mol. The van der Waals surface area contributed by atoms with E-state index in [1.807, 2.05) is 12.1 Å². The highest BCUT2D eigenvalue weighted by atomic mass is 16.5. The Morgan fingerprint density at radius 1 is 1.35 bits per heavy atom. The van der Waals surface area contributed by atoms with Crippen LogP contribution >= 0.6 is 0 Å². The number of anilines is 2. The lowest BCUT2D eigenvalue weighted by Crippen LogP contribution is -2.09. The summed E-state index contributed by atoms with van der Waals surface area (Å²) >= 11 is 0. The van der Waals surface area contributed by atoms with Gasteiger partial charge in [0.25, 0.3) is 0 Å². The molecule has 0 aliphatic rings. The van der Waals surface area contributed by atoms with Gasteiger partial charge in [0.15, 0.2) is 11.6 Å². The van der Waals surface area contributed by atoms with Gasteiger partial charge in [0, 0.05) is 31.1 Å². The number of hydrogen-bond acceptors (Lipinski definition) is 7. The van der Waals surface area contributed by atoms with E-state index >= 15 is 0 Å². The molecular weight excluding hydrogens is 258 g/mol. The summed E-state index contributed by atoms with van der Waals surface area (Å²) in [5.41, 5.74) is 6.51. The predicted octanol–water partition coefficient (Wildman–Crippen LogP) is 0.827. The number of ether oxygens (including phenoxy) is 1. The van der Waals surface area contributed by atoms with Crippen molar-refractivity contribution in [3.05, 3.63) is 36.3 Å². The fourth-order valence-corrected chi connectivity index (χ4v) is 1.55. The van der Waals surface area contributed by atoms with Crippen molar-refractivity contribution in [1.29, 1.82) is 0 Å². The highest BCUT2D eigenvalue weighted by Crippen LogP contribution is 2.22. The van der Waals surface area contributed by atoms with Gasteiger partial charge in [-0.1, -0.05) is 6.07 Å². The van der Waals surface area contributed by atoms with Gasteiger partial charge < -0.3 is 20.9 Å². The van der Waals surface area contributed by atoms with Crippen molar-refractivity contribution in [2.24, 2.45) is 0 Å². The number of aromatic nitrogens is 3. The molecule has 0 saturated carbocycles. The van der Waals surface area contributed by atoms with Gasteiger partial charge >= 0.3 is 0 Å². The second kappa shape index (κ2) is 7.25. The third-order valence-corrected chi connectivity index (χ3v) is 2.52. The lowest BCUT2D eigenvalue weighted by molar-refractivity contribution is 0.291. The molecule has 2 aromatic heterocycles. The zero-order valence-electron chi connectivity index (χ0n) is 11.0. The molecule has 0 aliphatic heterocycles. The molecule has 0 saturated heterocycles. The number of aliphatic hydroxyl groups excluding tert-OH is 1. The Morgan fingerprint density at radius 2 is 2.25 bits per heavy atom. The molecule has 0 radical (unpaired) electrons. The van der Waals surface area contributed by atoms with E-state index in [1.54, 1.807) is 12.4 Å². The minimum Gasteiger partial charge on any atom is -0.483 e. The van der Waals surface area contributed by atoms with Crippen LogP contribution in [0.4, 0.5) is 11.8 Å². The molecule has 2 rings (SSSR count). The van der Waals surface area contributed by atoms with Crippen LogP contribution in [0.1, 0.15) is 12.0 Å². The Balaban J connectivity index is 2.02. The zero-order chi connectivity index (χ0) is 14.2. The standard InChI is InChI=1S/C13H17N5O2/c14-13-17-8-11(12(18-13)16-5-2-6-19)20-9-10-3-1-4-15-7-10/h1,3-4,7-8,19H,2,5-6,9H2,(H3,14,16,17,18). The fraction of sp³-hybridized carbons (Fsp3) is 0.308. The lowest BCUT2D eigenvalue weighted by Gasteiger charge is -2.12. The van der Waals surface area contributed by atoms with E-state index in [9.17, 15) is 0 Å². The highest BCUT2D eigenvalue weighted by Gasteiger charge is 2.07. The maximum Gasteiger partial charge on any atom is 0.222 e. The first-order chi connectivity index (χ1) is 9.79. The van der Waals surface area contributed by atoms with Gasteiger partial charge in [-0.15, -0.1) is 0 Å². The van der Waals surface area contributed by atoms with Crippen LogP contribution < -0.4 is 15.8 Å². The minimum absolute atomic E-state index is 0.111. The second-order valence-corrected chi connectivity index (χ2v) is 4.09. The maximum absolute atomic E-state index is 8.78. The topological polar surface area (TPSA) is 106 Å². The molecule has 106 valence electrons. The third kappa shape index (κ3) is 4.06. The molecule has 0 aromatic carbocycles. The number of rotatable bonds is 7. The molecule has 0 bridgehead atoms. The first-order valence-corrected chi connectivity index (χ1v) is 6.28. The largest absolute Gasteiger partial charge is 0.483 e. The minimum atomic E-state index is 0.111. The van der Waals surface area contributed by atoms with Gasteiger partial charge in [-0.2, -0.15) is 4.98 Å². The molecule has 0 unspecified atom stereocenters. The number of nitrogens with one attached hydrogen (secondary N) is 1. The summed E-state index contributed by atoms with van der Waals surface area (Å²) in [6.07, 6.45) is 5.58. The number of nitrogens with two attached hydrogens (primary N) is 1. The van der Waals surface area contributed by atoms with Crippen LogP contribution in [-0.2, 0) is 6.61 Å². The van der Waals surface area contributed by atoms with Crippen molar-refractivity contribution in [2.45, 2.75) is 13.0 Å². The van der Waals surface area contributed by atoms with E-state index < -0.39 is 0 Å². The molecule has 0 aliphatic carbocycles. The van der Waals surface area contributed by atoms with Crippen LogP contribution in [0.3, 0.4) is 0 Å². The molecule has 2 aromatic rings. The smallest absolute Gasteiger partial charge is 0.222 e. The number of nitrogens with zero attached hydrogens (tertiary/aromatic N) is 3. The number of pyridine rings is 1. The van der Waals surface area contributed by atoms with Crippen molar-refractivity contribution in [3.63, 3.8) is 0 Å². The molecule has 7 nitrogen and oxygen atoms in total. The third-order valence-electron chi connectivity index (χ3n) is 2.52. The number of nitrogen functional groups attached to an aromatic ring is 1. The van der Waals surface area contributed by atoms with Crippen molar-refractivity contribution < 1.29 is 9.84 Å². The van der Waals surface area contributed by atoms with Crippen LogP contribution in [-0.4, -0.2) is 33.2 Å². The summed E-state index contributed by atoms with van der Waals surface area (Å²) < 4.78 is 5.66. The van der Waals surface area contributed by atoms with Crippen LogP contribution in [0.5, 0.6) is 5.75 Å². The van der Waals surface area contributed by atoms with E-state index in [1.165, 1.54) is 6.20 Å². The van der Waals surface area contributed by atoms with E-state index in [4.69, 9.17) is 15.6 Å². The van der Waals surface area contributed by atoms with E-state index in [0.717, 1.165) is 5.56 Å². The molecule has 0 fully saturated rings. The number of hydrogen-bond donors (Lipinski definition) is 3. The molecule has 0 amide bonds. The van der Waals surface area contributed by atoms with Crippen molar-refractivity contribution >= 4 is 11.8 Å². The van der Waals surface area contributed by atoms with E-state index in [2.05, 4.69) is 20.3 Å². The molecule has 0 spiro atoms. The van der Waals surface area contributed by atoms with Gasteiger partial charge in [-0.05, 0) is 12.5 Å². The lowest BCUT2D eigenvalue weighted by atomic mass is 10.3. The first kappa shape index (κ1) is 14.0. The molecule has 7 heteroatoms. The Labute approximate surface area is 116 Å². The monoisotopic (exact) mass is 275 g/mol. The Bertz CT molecular complexity index is 536. The van der Waals surface area contributed by atoms with E-state index in [-0.39, 0.29) is 12.6 Å². The van der Waals surface area contributed by atoms with Crippen LogP contribution in [0, 0.1) is 0 Å². The first-order valence-electron chi connectivity index (χ1n) is 6.28. The summed E-state index contributed by atoms with van der Waals surface area (Å²) in [5.74, 6) is 1.21. The van der Waals surface area contributed by atoms with Crippen LogP contribution in [0.25, 0.3) is 0 Å². The van der Waals surface area contributed by atoms with Gasteiger partial charge in [-0.25, -0.2) is 4.98 Å². The molecule has 4 N–H and O–H groups in total. The average Bonchev–Trinajstić information content (AvgIpc) is 2.48. The van der Waals surface area contributed by atoms with Crippen molar-refractivity contribution in [1.82, 2.24) is 15.0 Å². The summed E-state index contributed by atoms with van der Waals surface area (Å²) in [6.45, 7) is 1.06. The summed E-state index contributed by atoms with van der Waals surface area (Å²) in [4.78, 5) is 12.0. The molecule has 0 atom stereocenters. The quantitative estimate of drug-likeness (QED) is 0.642. The summed E-state index contributed by atoms with van der Waals surface area (Å²) in [6, 6.07) is 3.77. The van der Waals surface area contributed by atoms with Gasteiger partial charge in [-0.3, -0.25) is 4.98 Å². The van der Waals surface area contributed by atoms with Crippen LogP contribution in [0.2, 0.25) is 0 Å². The number of aliphatic hydroxyl groups is 1. The van der Waals surface area contributed by atoms with Crippen molar-refractivity contribution in [3.8, 4) is 5.75 Å². The molecular formula is C13H17N5O2. The fourth-order valence-electron chi connectivity index (χ4n) is 1.55. The summed E-state index contributed by atoms with van der Waals surface area (Å²) in [7, 11) is 0.